The first-order chi connectivity index (χ1) is 38.4. The molecule has 78 heavy (non-hydrogen) atoms. The molecule has 0 bridgehead atoms. The summed E-state index contributed by atoms with van der Waals surface area (Å²) in [6.45, 7) is 5.64. The van der Waals surface area contributed by atoms with Crippen LogP contribution in [0.25, 0.3) is 18.2 Å². The Balaban J connectivity index is 1.18. The van der Waals surface area contributed by atoms with Crippen molar-refractivity contribution in [2.24, 2.45) is 0 Å². The van der Waals surface area contributed by atoms with Gasteiger partial charge in [0.25, 0.3) is 0 Å². The summed E-state index contributed by atoms with van der Waals surface area (Å²) in [6, 6.07) is 23.2. The Morgan fingerprint density at radius 2 is 0.551 bits per heavy atom. The zero-order chi connectivity index (χ0) is 55.6. The number of rotatable bonds is 50. The molecule has 0 amide bonds. The normalized spacial score (nSPS) is 11.9. The van der Waals surface area contributed by atoms with Crippen molar-refractivity contribution in [3.05, 3.63) is 108 Å². The standard InChI is InChI=1S/C66H98O12/c1-70-64(67)46-37-57-31-40-60(41-32-57)75-51-27-21-15-9-4-7-13-19-25-49-73-55-63(78-54-30-24-18-12-6-11-17-23-29-53-77-62-44-35-59(36-45-62)39-48-66(69)72-3)56-74-50-26-20-14-8-5-10-16-22-28-52-76-61-42-33-58(34-43-61)38-47-65(68)71-2/h31-48,63H,4-30,49-56H2,1-3H3. The van der Waals surface area contributed by atoms with Crippen LogP contribution in [0.1, 0.15) is 190 Å². The number of carbonyl (C=O) groups is 3. The highest BCUT2D eigenvalue weighted by Crippen LogP contribution is 2.19. The van der Waals surface area contributed by atoms with E-state index in [1.54, 1.807) is 18.2 Å². The molecule has 0 atom stereocenters. The van der Waals surface area contributed by atoms with Crippen molar-refractivity contribution in [2.45, 2.75) is 179 Å². The molecule has 3 aromatic rings. The van der Waals surface area contributed by atoms with Gasteiger partial charge in [0, 0.05) is 38.0 Å². The van der Waals surface area contributed by atoms with Crippen LogP contribution in [-0.2, 0) is 42.8 Å². The van der Waals surface area contributed by atoms with E-state index in [0.29, 0.717) is 13.2 Å². The number of ether oxygens (including phenoxy) is 9. The molecule has 0 saturated carbocycles. The molecule has 0 saturated heterocycles. The number of hydrogen-bond acceptors (Lipinski definition) is 12. The van der Waals surface area contributed by atoms with Crippen LogP contribution >= 0.6 is 0 Å². The minimum absolute atomic E-state index is 0.0242. The van der Waals surface area contributed by atoms with E-state index in [1.165, 1.54) is 174 Å². The monoisotopic (exact) mass is 1080 g/mol. The fourth-order valence-electron chi connectivity index (χ4n) is 8.65. The van der Waals surface area contributed by atoms with E-state index in [0.717, 1.165) is 112 Å². The van der Waals surface area contributed by atoms with E-state index in [1.807, 2.05) is 72.8 Å². The fourth-order valence-corrected chi connectivity index (χ4v) is 8.65. The van der Waals surface area contributed by atoms with Crippen LogP contribution in [0.2, 0.25) is 0 Å². The molecule has 12 nitrogen and oxygen atoms in total. The van der Waals surface area contributed by atoms with Gasteiger partial charge in [-0.1, -0.05) is 171 Å². The molecule has 3 aromatic carbocycles. The largest absolute Gasteiger partial charge is 0.494 e. The van der Waals surface area contributed by atoms with Crippen molar-refractivity contribution in [3.63, 3.8) is 0 Å². The third-order valence-corrected chi connectivity index (χ3v) is 13.4. The third kappa shape index (κ3) is 37.4. The van der Waals surface area contributed by atoms with Crippen LogP contribution in [0.5, 0.6) is 17.2 Å². The average molecular weight is 1080 g/mol. The van der Waals surface area contributed by atoms with Crippen LogP contribution in [0.3, 0.4) is 0 Å². The predicted molar refractivity (Wildman–Crippen MR) is 315 cm³/mol. The lowest BCUT2D eigenvalue weighted by Gasteiger charge is -2.18. The Bertz CT molecular complexity index is 1910. The SMILES string of the molecule is COC(=O)C=Cc1ccc(OCCCCCCCCCCCOCC(COCCCCCCCCCCCOc2ccc(C=CC(=O)OC)cc2)OCCCCCCCCCCCOc2ccc(C=CC(=O)OC)cc2)cc1. The first kappa shape index (κ1) is 66.8. The minimum atomic E-state index is -0.365. The molecule has 0 N–H and O–H groups in total. The molecule has 0 spiro atoms. The highest BCUT2D eigenvalue weighted by molar-refractivity contribution is 5.88. The van der Waals surface area contributed by atoms with Crippen molar-refractivity contribution in [2.75, 3.05) is 74.2 Å². The Kier molecular flexibility index (Phi) is 40.8. The van der Waals surface area contributed by atoms with Crippen molar-refractivity contribution in [1.29, 1.82) is 0 Å². The van der Waals surface area contributed by atoms with Gasteiger partial charge in [-0.15, -0.1) is 0 Å². The van der Waals surface area contributed by atoms with E-state index < -0.39 is 0 Å². The molecule has 0 aromatic heterocycles. The lowest BCUT2D eigenvalue weighted by atomic mass is 10.1. The number of benzene rings is 3. The molecular weight excluding hydrogens is 985 g/mol. The average Bonchev–Trinajstić information content (AvgIpc) is 3.47. The maximum atomic E-state index is 11.3. The Labute approximate surface area is 470 Å². The number of hydrogen-bond donors (Lipinski definition) is 0. The van der Waals surface area contributed by atoms with E-state index in [9.17, 15) is 14.4 Å². The summed E-state index contributed by atoms with van der Waals surface area (Å²) in [7, 11) is 4.11. The maximum Gasteiger partial charge on any atom is 0.330 e. The van der Waals surface area contributed by atoms with Crippen molar-refractivity contribution in [3.8, 4) is 17.2 Å². The van der Waals surface area contributed by atoms with Gasteiger partial charge in [0.1, 0.15) is 23.4 Å². The summed E-state index contributed by atoms with van der Waals surface area (Å²) in [5, 5.41) is 0. The Morgan fingerprint density at radius 3 is 0.808 bits per heavy atom. The predicted octanol–water partition coefficient (Wildman–Crippen LogP) is 15.7. The molecule has 0 fully saturated rings. The number of methoxy groups -OCH3 is 3. The number of esters is 3. The summed E-state index contributed by atoms with van der Waals surface area (Å²) in [6.07, 6.45) is 41.9. The quantitative estimate of drug-likeness (QED) is 0.0230. The second-order valence-electron chi connectivity index (χ2n) is 20.0. The highest BCUT2D eigenvalue weighted by atomic mass is 16.6. The zero-order valence-electron chi connectivity index (χ0n) is 48.1. The molecule has 0 aliphatic rings. The Morgan fingerprint density at radius 1 is 0.321 bits per heavy atom. The van der Waals surface area contributed by atoms with Crippen molar-refractivity contribution in [1.82, 2.24) is 0 Å². The fraction of sp³-hybridized carbons (Fsp3) is 0.591. The van der Waals surface area contributed by atoms with Gasteiger partial charge in [-0.2, -0.15) is 0 Å². The van der Waals surface area contributed by atoms with Gasteiger partial charge < -0.3 is 42.6 Å². The molecule has 3 rings (SSSR count). The lowest BCUT2D eigenvalue weighted by Crippen LogP contribution is -2.26. The molecule has 0 aliphatic carbocycles. The highest BCUT2D eigenvalue weighted by Gasteiger charge is 2.11. The zero-order valence-corrected chi connectivity index (χ0v) is 48.1. The van der Waals surface area contributed by atoms with E-state index in [-0.39, 0.29) is 24.0 Å². The number of unbranched alkanes of at least 4 members (excludes halogenated alkanes) is 24. The van der Waals surface area contributed by atoms with Gasteiger partial charge in [-0.3, -0.25) is 0 Å². The molecule has 0 aliphatic heterocycles. The minimum Gasteiger partial charge on any atom is -0.494 e. The third-order valence-electron chi connectivity index (χ3n) is 13.4. The van der Waals surface area contributed by atoms with Gasteiger partial charge in [-0.25, -0.2) is 14.4 Å². The van der Waals surface area contributed by atoms with Gasteiger partial charge in [-0.05, 0) is 110 Å². The van der Waals surface area contributed by atoms with Gasteiger partial charge >= 0.3 is 17.9 Å². The molecule has 0 heterocycles. The van der Waals surface area contributed by atoms with E-state index >= 15 is 0 Å². The lowest BCUT2D eigenvalue weighted by molar-refractivity contribution is -0.135. The van der Waals surface area contributed by atoms with Gasteiger partial charge in [0.2, 0.25) is 0 Å². The van der Waals surface area contributed by atoms with Crippen LogP contribution in [0.4, 0.5) is 0 Å². The smallest absolute Gasteiger partial charge is 0.330 e. The van der Waals surface area contributed by atoms with Crippen molar-refractivity contribution < 1.29 is 57.0 Å². The van der Waals surface area contributed by atoms with E-state index in [4.69, 9.17) is 28.4 Å². The maximum absolute atomic E-state index is 11.3. The summed E-state index contributed by atoms with van der Waals surface area (Å²) < 4.78 is 50.3. The molecule has 12 heteroatoms. The topological polar surface area (TPSA) is 134 Å². The van der Waals surface area contributed by atoms with Crippen molar-refractivity contribution >= 4 is 36.1 Å². The van der Waals surface area contributed by atoms with Gasteiger partial charge in [0.15, 0.2) is 0 Å². The first-order valence-electron chi connectivity index (χ1n) is 29.6. The molecule has 0 unspecified atom stereocenters. The molecular formula is C66H98O12. The summed E-state index contributed by atoms with van der Waals surface area (Å²) >= 11 is 0. The molecule has 434 valence electrons. The van der Waals surface area contributed by atoms with Gasteiger partial charge in [0.05, 0.1) is 54.4 Å². The van der Waals surface area contributed by atoms with Crippen LogP contribution in [-0.4, -0.2) is 98.2 Å². The van der Waals surface area contributed by atoms with Crippen LogP contribution < -0.4 is 14.2 Å². The summed E-state index contributed by atoms with van der Waals surface area (Å²) in [5.74, 6) is 1.46. The summed E-state index contributed by atoms with van der Waals surface area (Å²) in [4.78, 5) is 33.9. The van der Waals surface area contributed by atoms with Crippen LogP contribution in [0.15, 0.2) is 91.0 Å². The molecule has 0 radical (unpaired) electrons. The van der Waals surface area contributed by atoms with Crippen LogP contribution in [0, 0.1) is 0 Å². The second-order valence-corrected chi connectivity index (χ2v) is 20.0. The first-order valence-corrected chi connectivity index (χ1v) is 29.6. The number of carbonyl (C=O) groups excluding carboxylic acids is 3. The Hall–Kier alpha value is -5.43. The second kappa shape index (κ2) is 47.6. The summed E-state index contributed by atoms with van der Waals surface area (Å²) in [5.41, 5.74) is 2.80. The van der Waals surface area contributed by atoms with E-state index in [2.05, 4.69) is 14.2 Å².